The van der Waals surface area contributed by atoms with Crippen molar-refractivity contribution in [2.75, 3.05) is 0 Å². The summed E-state index contributed by atoms with van der Waals surface area (Å²) in [7, 11) is 0. The van der Waals surface area contributed by atoms with Crippen LogP contribution in [-0.2, 0) is 19.3 Å². The van der Waals surface area contributed by atoms with Crippen molar-refractivity contribution >= 4 is 0 Å². The van der Waals surface area contributed by atoms with Gasteiger partial charge in [0.1, 0.15) is 5.75 Å². The highest BCUT2D eigenvalue weighted by Gasteiger charge is 2.10. The zero-order valence-corrected chi connectivity index (χ0v) is 15.4. The zero-order chi connectivity index (χ0) is 18.0. The van der Waals surface area contributed by atoms with E-state index in [0.717, 1.165) is 19.3 Å². The third-order valence-electron chi connectivity index (χ3n) is 5.15. The van der Waals surface area contributed by atoms with Gasteiger partial charge in [0, 0.05) is 0 Å². The lowest BCUT2D eigenvalue weighted by molar-refractivity contribution is 0.420. The molecule has 0 amide bonds. The fourth-order valence-electron chi connectivity index (χ4n) is 3.50. The smallest absolute Gasteiger partial charge is 0.115 e. The molecule has 0 saturated carbocycles. The Kier molecular flexibility index (Phi) is 6.89. The molecule has 1 heteroatoms. The van der Waals surface area contributed by atoms with Crippen LogP contribution in [0.1, 0.15) is 36.0 Å². The van der Waals surface area contributed by atoms with E-state index in [2.05, 4.69) is 60.7 Å². The molecule has 1 N–H and O–H groups in total. The molecule has 1 nitrogen and oxygen atoms in total. The van der Waals surface area contributed by atoms with Crippen molar-refractivity contribution in [2.24, 2.45) is 5.92 Å². The van der Waals surface area contributed by atoms with Crippen LogP contribution in [0.15, 0.2) is 84.9 Å². The molecular weight excluding hydrogens is 316 g/mol. The first kappa shape index (κ1) is 18.3. The summed E-state index contributed by atoms with van der Waals surface area (Å²) in [5, 5.41) is 9.45. The van der Waals surface area contributed by atoms with Gasteiger partial charge in [-0.05, 0) is 73.3 Å². The molecule has 0 fully saturated rings. The summed E-state index contributed by atoms with van der Waals surface area (Å²) in [5.74, 6) is 1.06. The molecule has 0 unspecified atom stereocenters. The Bertz CT molecular complexity index is 704. The molecule has 0 bridgehead atoms. The van der Waals surface area contributed by atoms with E-state index in [1.807, 2.05) is 12.1 Å². The molecule has 0 aromatic heterocycles. The van der Waals surface area contributed by atoms with Gasteiger partial charge in [-0.1, -0.05) is 72.8 Å². The Labute approximate surface area is 157 Å². The molecule has 0 spiro atoms. The maximum absolute atomic E-state index is 9.45. The molecule has 26 heavy (non-hydrogen) atoms. The van der Waals surface area contributed by atoms with Crippen LogP contribution < -0.4 is 0 Å². The predicted molar refractivity (Wildman–Crippen MR) is 109 cm³/mol. The van der Waals surface area contributed by atoms with E-state index in [4.69, 9.17) is 0 Å². The van der Waals surface area contributed by atoms with Gasteiger partial charge in [-0.2, -0.15) is 0 Å². The highest BCUT2D eigenvalue weighted by Crippen LogP contribution is 2.22. The first-order valence-corrected chi connectivity index (χ1v) is 9.65. The summed E-state index contributed by atoms with van der Waals surface area (Å²) in [6.45, 7) is 0. The van der Waals surface area contributed by atoms with Gasteiger partial charge in [-0.25, -0.2) is 0 Å². The molecule has 134 valence electrons. The van der Waals surface area contributed by atoms with Gasteiger partial charge in [0.25, 0.3) is 0 Å². The Morgan fingerprint density at radius 2 is 0.885 bits per heavy atom. The summed E-state index contributed by atoms with van der Waals surface area (Å²) in [4.78, 5) is 0. The van der Waals surface area contributed by atoms with E-state index in [1.165, 1.54) is 36.0 Å². The van der Waals surface area contributed by atoms with Crippen LogP contribution in [0.5, 0.6) is 5.75 Å². The summed E-state index contributed by atoms with van der Waals surface area (Å²) in [6.07, 6.45) is 7.04. The van der Waals surface area contributed by atoms with E-state index in [1.54, 1.807) is 12.1 Å². The van der Waals surface area contributed by atoms with E-state index in [0.29, 0.717) is 11.7 Å². The minimum Gasteiger partial charge on any atom is -0.508 e. The highest BCUT2D eigenvalue weighted by molar-refractivity contribution is 5.26. The average Bonchev–Trinajstić information content (AvgIpc) is 2.70. The Balaban J connectivity index is 1.57. The fourth-order valence-corrected chi connectivity index (χ4v) is 3.50. The van der Waals surface area contributed by atoms with Gasteiger partial charge >= 0.3 is 0 Å². The van der Waals surface area contributed by atoms with Crippen molar-refractivity contribution in [2.45, 2.75) is 38.5 Å². The minimum atomic E-state index is 0.346. The lowest BCUT2D eigenvalue weighted by atomic mass is 9.88. The lowest BCUT2D eigenvalue weighted by Crippen LogP contribution is -2.06. The molecule has 0 heterocycles. The van der Waals surface area contributed by atoms with E-state index < -0.39 is 0 Å². The van der Waals surface area contributed by atoms with Crippen LogP contribution >= 0.6 is 0 Å². The second-order valence-electron chi connectivity index (χ2n) is 7.12. The standard InChI is InChI=1S/C25H28O/c26-25-19-17-24(18-20-25)16-15-23(13-11-21-7-3-1-4-8-21)14-12-22-9-5-2-6-10-22/h1-10,17-20,23,26H,11-16H2. The van der Waals surface area contributed by atoms with E-state index in [-0.39, 0.29) is 0 Å². The quantitative estimate of drug-likeness (QED) is 0.489. The molecule has 0 radical (unpaired) electrons. The molecule has 0 aliphatic rings. The fraction of sp³-hybridized carbons (Fsp3) is 0.280. The summed E-state index contributed by atoms with van der Waals surface area (Å²) in [5.41, 5.74) is 4.18. The SMILES string of the molecule is Oc1ccc(CCC(CCc2ccccc2)CCc2ccccc2)cc1. The van der Waals surface area contributed by atoms with Crippen LogP contribution in [0.3, 0.4) is 0 Å². The summed E-state index contributed by atoms with van der Waals surface area (Å²) in [6, 6.07) is 29.3. The minimum absolute atomic E-state index is 0.346. The lowest BCUT2D eigenvalue weighted by Gasteiger charge is -2.17. The molecule has 0 aliphatic carbocycles. The number of aryl methyl sites for hydroxylation is 3. The van der Waals surface area contributed by atoms with Crippen molar-refractivity contribution in [3.63, 3.8) is 0 Å². The van der Waals surface area contributed by atoms with Gasteiger partial charge in [0.2, 0.25) is 0 Å². The van der Waals surface area contributed by atoms with Gasteiger partial charge in [0.15, 0.2) is 0 Å². The van der Waals surface area contributed by atoms with Gasteiger partial charge in [0.05, 0.1) is 0 Å². The van der Waals surface area contributed by atoms with Crippen molar-refractivity contribution in [1.29, 1.82) is 0 Å². The third kappa shape index (κ3) is 6.07. The predicted octanol–water partition coefficient (Wildman–Crippen LogP) is 6.21. The number of hydrogen-bond donors (Lipinski definition) is 1. The van der Waals surface area contributed by atoms with Gasteiger partial charge < -0.3 is 5.11 Å². The number of phenols is 1. The van der Waals surface area contributed by atoms with Gasteiger partial charge in [-0.3, -0.25) is 0 Å². The van der Waals surface area contributed by atoms with E-state index in [9.17, 15) is 5.11 Å². The Morgan fingerprint density at radius 3 is 1.31 bits per heavy atom. The first-order valence-electron chi connectivity index (χ1n) is 9.65. The van der Waals surface area contributed by atoms with Crippen LogP contribution in [0.2, 0.25) is 0 Å². The number of phenolic OH excluding ortho intramolecular Hbond substituents is 1. The van der Waals surface area contributed by atoms with Crippen LogP contribution in [0.25, 0.3) is 0 Å². The molecule has 0 aliphatic heterocycles. The second-order valence-corrected chi connectivity index (χ2v) is 7.12. The van der Waals surface area contributed by atoms with Crippen LogP contribution in [0, 0.1) is 5.92 Å². The highest BCUT2D eigenvalue weighted by atomic mass is 16.3. The van der Waals surface area contributed by atoms with Crippen LogP contribution in [0.4, 0.5) is 0 Å². The summed E-state index contributed by atoms with van der Waals surface area (Å²) >= 11 is 0. The van der Waals surface area contributed by atoms with Crippen molar-refractivity contribution in [3.8, 4) is 5.75 Å². The van der Waals surface area contributed by atoms with Crippen molar-refractivity contribution in [3.05, 3.63) is 102 Å². The zero-order valence-electron chi connectivity index (χ0n) is 15.4. The molecule has 0 saturated heterocycles. The first-order chi connectivity index (χ1) is 12.8. The summed E-state index contributed by atoms with van der Waals surface area (Å²) < 4.78 is 0. The number of aromatic hydroxyl groups is 1. The molecule has 3 aromatic carbocycles. The number of hydrogen-bond acceptors (Lipinski definition) is 1. The molecule has 3 rings (SSSR count). The largest absolute Gasteiger partial charge is 0.508 e. The van der Waals surface area contributed by atoms with Crippen molar-refractivity contribution < 1.29 is 5.11 Å². The average molecular weight is 344 g/mol. The number of rotatable bonds is 9. The van der Waals surface area contributed by atoms with E-state index >= 15 is 0 Å². The molecule has 0 atom stereocenters. The second kappa shape index (κ2) is 9.82. The maximum Gasteiger partial charge on any atom is 0.115 e. The Morgan fingerprint density at radius 1 is 0.500 bits per heavy atom. The topological polar surface area (TPSA) is 20.2 Å². The van der Waals surface area contributed by atoms with Crippen molar-refractivity contribution in [1.82, 2.24) is 0 Å². The monoisotopic (exact) mass is 344 g/mol. The number of benzene rings is 3. The van der Waals surface area contributed by atoms with Gasteiger partial charge in [-0.15, -0.1) is 0 Å². The maximum atomic E-state index is 9.45. The van der Waals surface area contributed by atoms with Crippen LogP contribution in [-0.4, -0.2) is 5.11 Å². The molecule has 3 aromatic rings. The third-order valence-corrected chi connectivity index (χ3v) is 5.15. The molecular formula is C25H28O. The Hall–Kier alpha value is -2.54. The normalized spacial score (nSPS) is 11.0.